The summed E-state index contributed by atoms with van der Waals surface area (Å²) in [6, 6.07) is 9.03. The first-order valence-corrected chi connectivity index (χ1v) is 7.80. The van der Waals surface area contributed by atoms with Gasteiger partial charge in [0.25, 0.3) is 0 Å². The molecule has 0 saturated heterocycles. The molecule has 0 spiro atoms. The van der Waals surface area contributed by atoms with E-state index in [0.717, 1.165) is 19.0 Å². The number of hydrogen-bond acceptors (Lipinski definition) is 2. The van der Waals surface area contributed by atoms with Crippen LogP contribution in [0.1, 0.15) is 44.6 Å². The highest BCUT2D eigenvalue weighted by molar-refractivity contribution is 5.46. The lowest BCUT2D eigenvalue weighted by Gasteiger charge is -2.23. The van der Waals surface area contributed by atoms with Gasteiger partial charge >= 0.3 is 0 Å². The van der Waals surface area contributed by atoms with Crippen molar-refractivity contribution in [2.24, 2.45) is 5.92 Å². The van der Waals surface area contributed by atoms with Gasteiger partial charge in [0.15, 0.2) is 0 Å². The zero-order valence-corrected chi connectivity index (χ0v) is 12.5. The molecular weight excluding hydrogens is 232 g/mol. The van der Waals surface area contributed by atoms with E-state index >= 15 is 0 Å². The molecule has 0 radical (unpaired) electrons. The number of rotatable bonds is 7. The molecule has 106 valence electrons. The van der Waals surface area contributed by atoms with E-state index in [4.69, 9.17) is 0 Å². The Morgan fingerprint density at radius 3 is 2.47 bits per heavy atom. The highest BCUT2D eigenvalue weighted by Gasteiger charge is 2.16. The van der Waals surface area contributed by atoms with Crippen molar-refractivity contribution in [3.63, 3.8) is 0 Å². The molecule has 2 rings (SSSR count). The maximum Gasteiger partial charge on any atom is 0.0363 e. The third kappa shape index (κ3) is 4.54. The Morgan fingerprint density at radius 1 is 1.16 bits per heavy atom. The van der Waals surface area contributed by atoms with Gasteiger partial charge in [-0.2, -0.15) is 0 Å². The third-order valence-corrected chi connectivity index (χ3v) is 4.14. The van der Waals surface area contributed by atoms with E-state index in [1.54, 1.807) is 0 Å². The van der Waals surface area contributed by atoms with Crippen LogP contribution in [-0.4, -0.2) is 20.1 Å². The van der Waals surface area contributed by atoms with Crippen molar-refractivity contribution >= 4 is 5.69 Å². The predicted molar refractivity (Wildman–Crippen MR) is 83.7 cm³/mol. The molecule has 19 heavy (non-hydrogen) atoms. The molecule has 2 heteroatoms. The van der Waals surface area contributed by atoms with Gasteiger partial charge in [-0.15, -0.1) is 0 Å². The fourth-order valence-corrected chi connectivity index (χ4v) is 2.96. The number of hydrogen-bond donors (Lipinski definition) is 1. The van der Waals surface area contributed by atoms with Crippen molar-refractivity contribution in [3.8, 4) is 0 Å². The molecule has 0 bridgehead atoms. The molecule has 0 aliphatic heterocycles. The second-order valence-corrected chi connectivity index (χ2v) is 5.87. The Kier molecular flexibility index (Phi) is 5.71. The van der Waals surface area contributed by atoms with Crippen LogP contribution in [0.3, 0.4) is 0 Å². The molecule has 1 fully saturated rings. The van der Waals surface area contributed by atoms with Crippen LogP contribution >= 0.6 is 0 Å². The summed E-state index contributed by atoms with van der Waals surface area (Å²) in [5, 5.41) is 3.45. The Hall–Kier alpha value is -1.02. The van der Waals surface area contributed by atoms with Gasteiger partial charge in [0.05, 0.1) is 0 Å². The molecule has 2 nitrogen and oxygen atoms in total. The molecule has 0 atom stereocenters. The average Bonchev–Trinajstić information content (AvgIpc) is 2.93. The van der Waals surface area contributed by atoms with Crippen LogP contribution in [0.4, 0.5) is 5.69 Å². The van der Waals surface area contributed by atoms with Gasteiger partial charge in [-0.25, -0.2) is 0 Å². The van der Waals surface area contributed by atoms with Crippen molar-refractivity contribution in [1.29, 1.82) is 0 Å². The van der Waals surface area contributed by atoms with Crippen LogP contribution in [0.5, 0.6) is 0 Å². The maximum atomic E-state index is 3.45. The molecule has 1 aromatic rings. The standard InChI is InChI=1S/C17H28N2/c1-3-12-18-13-15-8-10-17(11-9-15)19(2)14-16-6-4-5-7-16/h8-11,16,18H,3-7,12-14H2,1-2H3. The quantitative estimate of drug-likeness (QED) is 0.750. The number of nitrogens with one attached hydrogen (secondary N) is 1. The summed E-state index contributed by atoms with van der Waals surface area (Å²) in [7, 11) is 2.22. The van der Waals surface area contributed by atoms with Gasteiger partial charge in [-0.3, -0.25) is 0 Å². The van der Waals surface area contributed by atoms with Crippen molar-refractivity contribution in [1.82, 2.24) is 5.32 Å². The summed E-state index contributed by atoms with van der Waals surface area (Å²) in [4.78, 5) is 2.42. The SMILES string of the molecule is CCCNCc1ccc(N(C)CC2CCCC2)cc1. The highest BCUT2D eigenvalue weighted by atomic mass is 15.1. The van der Waals surface area contributed by atoms with E-state index in [-0.39, 0.29) is 0 Å². The van der Waals surface area contributed by atoms with Crippen LogP contribution in [-0.2, 0) is 6.54 Å². The van der Waals surface area contributed by atoms with Crippen LogP contribution in [0.15, 0.2) is 24.3 Å². The minimum atomic E-state index is 0.913. The van der Waals surface area contributed by atoms with Crippen molar-refractivity contribution < 1.29 is 0 Å². The van der Waals surface area contributed by atoms with Gasteiger partial charge in [0.2, 0.25) is 0 Å². The molecular formula is C17H28N2. The van der Waals surface area contributed by atoms with Gasteiger partial charge in [-0.05, 0) is 49.4 Å². The van der Waals surface area contributed by atoms with Crippen LogP contribution in [0.2, 0.25) is 0 Å². The summed E-state index contributed by atoms with van der Waals surface area (Å²) in [6.07, 6.45) is 6.90. The van der Waals surface area contributed by atoms with Crippen molar-refractivity contribution in [2.75, 3.05) is 25.0 Å². The lowest BCUT2D eigenvalue weighted by atomic mass is 10.1. The minimum Gasteiger partial charge on any atom is -0.374 e. The van der Waals surface area contributed by atoms with E-state index in [9.17, 15) is 0 Å². The van der Waals surface area contributed by atoms with E-state index in [1.807, 2.05) is 0 Å². The fraction of sp³-hybridized carbons (Fsp3) is 0.647. The fourth-order valence-electron chi connectivity index (χ4n) is 2.96. The van der Waals surface area contributed by atoms with Gasteiger partial charge < -0.3 is 10.2 Å². The summed E-state index contributed by atoms with van der Waals surface area (Å²) < 4.78 is 0. The van der Waals surface area contributed by atoms with Gasteiger partial charge in [-0.1, -0.05) is 31.9 Å². The van der Waals surface area contributed by atoms with Crippen LogP contribution in [0.25, 0.3) is 0 Å². The molecule has 0 heterocycles. The molecule has 1 saturated carbocycles. The molecule has 0 aromatic heterocycles. The minimum absolute atomic E-state index is 0.913. The number of anilines is 1. The maximum absolute atomic E-state index is 3.45. The summed E-state index contributed by atoms with van der Waals surface area (Å²) in [6.45, 7) is 5.51. The Morgan fingerprint density at radius 2 is 1.84 bits per heavy atom. The van der Waals surface area contributed by atoms with Gasteiger partial charge in [0, 0.05) is 25.8 Å². The van der Waals surface area contributed by atoms with Crippen LogP contribution < -0.4 is 10.2 Å². The first kappa shape index (κ1) is 14.4. The van der Waals surface area contributed by atoms with E-state index in [1.165, 1.54) is 49.9 Å². The predicted octanol–water partition coefficient (Wildman–Crippen LogP) is 3.81. The first-order valence-electron chi connectivity index (χ1n) is 7.80. The summed E-state index contributed by atoms with van der Waals surface area (Å²) in [5.74, 6) is 0.913. The molecule has 1 aliphatic rings. The second-order valence-electron chi connectivity index (χ2n) is 5.87. The smallest absolute Gasteiger partial charge is 0.0363 e. The lowest BCUT2D eigenvalue weighted by molar-refractivity contribution is 0.547. The monoisotopic (exact) mass is 260 g/mol. The average molecular weight is 260 g/mol. The van der Waals surface area contributed by atoms with E-state index in [0.29, 0.717) is 0 Å². The van der Waals surface area contributed by atoms with E-state index < -0.39 is 0 Å². The van der Waals surface area contributed by atoms with Crippen molar-refractivity contribution in [3.05, 3.63) is 29.8 Å². The topological polar surface area (TPSA) is 15.3 Å². The van der Waals surface area contributed by atoms with E-state index in [2.05, 4.69) is 48.5 Å². The van der Waals surface area contributed by atoms with Gasteiger partial charge in [0.1, 0.15) is 0 Å². The Labute approximate surface area is 118 Å². The lowest BCUT2D eigenvalue weighted by Crippen LogP contribution is -2.23. The largest absolute Gasteiger partial charge is 0.374 e. The molecule has 0 unspecified atom stereocenters. The first-order chi connectivity index (χ1) is 9.29. The Balaban J connectivity index is 1.82. The number of benzene rings is 1. The third-order valence-electron chi connectivity index (χ3n) is 4.14. The second kappa shape index (κ2) is 7.54. The van der Waals surface area contributed by atoms with Crippen molar-refractivity contribution in [2.45, 2.75) is 45.6 Å². The zero-order valence-electron chi connectivity index (χ0n) is 12.5. The highest BCUT2D eigenvalue weighted by Crippen LogP contribution is 2.26. The normalized spacial score (nSPS) is 15.9. The molecule has 1 aliphatic carbocycles. The number of nitrogens with zero attached hydrogens (tertiary/aromatic N) is 1. The van der Waals surface area contributed by atoms with Crippen LogP contribution in [0, 0.1) is 5.92 Å². The molecule has 0 amide bonds. The molecule has 1 N–H and O–H groups in total. The summed E-state index contributed by atoms with van der Waals surface area (Å²) in [5.41, 5.74) is 2.73. The Bertz CT molecular complexity index is 352. The summed E-state index contributed by atoms with van der Waals surface area (Å²) >= 11 is 0. The zero-order chi connectivity index (χ0) is 13.5. The molecule has 1 aromatic carbocycles.